The topological polar surface area (TPSA) is 103 Å². The molecule has 176 valence electrons. The SMILES string of the molecule is N#Cc1ccc(-c2nc(N3C4CCC3CC(N)C4)n3ccnc3c2-c2ccc(Cl)c(O)c2)cc1F. The summed E-state index contributed by atoms with van der Waals surface area (Å²) in [7, 11) is 0. The van der Waals surface area contributed by atoms with E-state index < -0.39 is 5.82 Å². The van der Waals surface area contributed by atoms with Crippen LogP contribution in [0.1, 0.15) is 31.2 Å². The molecule has 0 radical (unpaired) electrons. The molecular formula is C26H22ClFN6O. The van der Waals surface area contributed by atoms with E-state index in [1.54, 1.807) is 30.5 Å². The lowest BCUT2D eigenvalue weighted by atomic mass is 9.97. The molecule has 0 amide bonds. The average molecular weight is 489 g/mol. The number of fused-ring (bicyclic) bond motifs is 3. The molecule has 2 unspecified atom stereocenters. The second-order valence-electron chi connectivity index (χ2n) is 9.25. The van der Waals surface area contributed by atoms with Crippen molar-refractivity contribution < 1.29 is 9.50 Å². The molecule has 7 nitrogen and oxygen atoms in total. The Hall–Kier alpha value is -3.67. The first-order valence-corrected chi connectivity index (χ1v) is 11.9. The Kier molecular flexibility index (Phi) is 5.13. The first-order valence-electron chi connectivity index (χ1n) is 11.5. The quantitative estimate of drug-likeness (QED) is 0.425. The van der Waals surface area contributed by atoms with Gasteiger partial charge in [0.05, 0.1) is 21.8 Å². The summed E-state index contributed by atoms with van der Waals surface area (Å²) in [5.74, 6) is 0.0436. The first-order chi connectivity index (χ1) is 16.9. The molecule has 2 aliphatic heterocycles. The number of anilines is 1. The summed E-state index contributed by atoms with van der Waals surface area (Å²) in [6.45, 7) is 0. The summed E-state index contributed by atoms with van der Waals surface area (Å²) in [5, 5.41) is 19.8. The van der Waals surface area contributed by atoms with Gasteiger partial charge in [-0.3, -0.25) is 4.40 Å². The third-order valence-electron chi connectivity index (χ3n) is 7.13. The Morgan fingerprint density at radius 2 is 1.86 bits per heavy atom. The van der Waals surface area contributed by atoms with E-state index in [9.17, 15) is 14.8 Å². The van der Waals surface area contributed by atoms with E-state index in [-0.39, 0.29) is 34.5 Å². The standard InChI is InChI=1S/C26H22ClFN6O/c27-20-6-3-14(10-22(20)35)23-24(15-1-2-16(13-29)21(28)9-15)32-26(33-8-7-31-25(23)33)34-18-4-5-19(34)12-17(30)11-18/h1-3,6-10,17-19,35H,4-5,11-12,30H2. The average Bonchev–Trinajstić information content (AvgIpc) is 3.43. The van der Waals surface area contributed by atoms with Crippen LogP contribution in [0.25, 0.3) is 28.0 Å². The van der Waals surface area contributed by atoms with Crippen LogP contribution in [-0.2, 0) is 0 Å². The highest BCUT2D eigenvalue weighted by Gasteiger charge is 2.41. The minimum Gasteiger partial charge on any atom is -0.506 e. The lowest BCUT2D eigenvalue weighted by Crippen LogP contribution is -2.48. The summed E-state index contributed by atoms with van der Waals surface area (Å²) in [5.41, 5.74) is 9.21. The highest BCUT2D eigenvalue weighted by Crippen LogP contribution is 2.43. The van der Waals surface area contributed by atoms with Crippen molar-refractivity contribution in [1.29, 1.82) is 5.26 Å². The van der Waals surface area contributed by atoms with Gasteiger partial charge in [-0.25, -0.2) is 14.4 Å². The molecule has 2 aliphatic rings. The molecule has 0 aliphatic carbocycles. The van der Waals surface area contributed by atoms with Crippen LogP contribution in [0.4, 0.5) is 10.3 Å². The van der Waals surface area contributed by atoms with Crippen molar-refractivity contribution in [2.24, 2.45) is 5.73 Å². The molecule has 3 N–H and O–H groups in total. The predicted molar refractivity (Wildman–Crippen MR) is 132 cm³/mol. The molecule has 0 spiro atoms. The third kappa shape index (κ3) is 3.51. The molecule has 2 aromatic carbocycles. The van der Waals surface area contributed by atoms with E-state index in [1.807, 2.05) is 16.7 Å². The van der Waals surface area contributed by atoms with E-state index in [0.717, 1.165) is 31.6 Å². The van der Waals surface area contributed by atoms with Gasteiger partial charge in [0.25, 0.3) is 0 Å². The summed E-state index contributed by atoms with van der Waals surface area (Å²) < 4.78 is 16.7. The summed E-state index contributed by atoms with van der Waals surface area (Å²) in [4.78, 5) is 12.1. The fourth-order valence-corrected chi connectivity index (χ4v) is 5.71. The number of imidazole rings is 1. The Labute approximate surface area is 206 Å². The number of nitriles is 1. The van der Waals surface area contributed by atoms with Crippen molar-refractivity contribution in [3.8, 4) is 34.2 Å². The van der Waals surface area contributed by atoms with Gasteiger partial charge in [0.1, 0.15) is 23.3 Å². The fraction of sp³-hybridized carbons (Fsp3) is 0.269. The van der Waals surface area contributed by atoms with E-state index >= 15 is 0 Å². The zero-order valence-electron chi connectivity index (χ0n) is 18.7. The molecule has 0 saturated carbocycles. The summed E-state index contributed by atoms with van der Waals surface area (Å²) >= 11 is 6.07. The highest BCUT2D eigenvalue weighted by atomic mass is 35.5. The first kappa shape index (κ1) is 21.8. The second kappa shape index (κ2) is 8.22. The molecule has 2 bridgehead atoms. The van der Waals surface area contributed by atoms with E-state index in [4.69, 9.17) is 22.3 Å². The fourth-order valence-electron chi connectivity index (χ4n) is 5.59. The number of piperidine rings is 1. The maximum atomic E-state index is 14.7. The van der Waals surface area contributed by atoms with Crippen molar-refractivity contribution >= 4 is 23.2 Å². The highest BCUT2D eigenvalue weighted by molar-refractivity contribution is 6.32. The van der Waals surface area contributed by atoms with Gasteiger partial charge in [-0.2, -0.15) is 5.26 Å². The van der Waals surface area contributed by atoms with Crippen LogP contribution in [0.15, 0.2) is 48.8 Å². The van der Waals surface area contributed by atoms with Gasteiger partial charge in [-0.05, 0) is 55.5 Å². The van der Waals surface area contributed by atoms with Crippen LogP contribution in [0, 0.1) is 17.1 Å². The van der Waals surface area contributed by atoms with E-state index in [1.165, 1.54) is 12.1 Å². The van der Waals surface area contributed by atoms with Crippen LogP contribution >= 0.6 is 11.6 Å². The maximum absolute atomic E-state index is 14.7. The molecule has 9 heteroatoms. The number of benzene rings is 2. The maximum Gasteiger partial charge on any atom is 0.212 e. The van der Waals surface area contributed by atoms with Crippen LogP contribution in [0.2, 0.25) is 5.02 Å². The Morgan fingerprint density at radius 1 is 1.11 bits per heavy atom. The monoisotopic (exact) mass is 488 g/mol. The molecule has 2 atom stereocenters. The van der Waals surface area contributed by atoms with Crippen LogP contribution in [-0.4, -0.2) is 37.6 Å². The molecule has 4 heterocycles. The number of rotatable bonds is 3. The van der Waals surface area contributed by atoms with Gasteiger partial charge < -0.3 is 15.7 Å². The number of hydrogen-bond acceptors (Lipinski definition) is 6. The van der Waals surface area contributed by atoms with Gasteiger partial charge in [0.15, 0.2) is 0 Å². The number of hydrogen-bond donors (Lipinski definition) is 2. The summed E-state index contributed by atoms with van der Waals surface area (Å²) in [6, 6.07) is 12.0. The molecule has 6 rings (SSSR count). The minimum absolute atomic E-state index is 0.0374. The molecule has 2 saturated heterocycles. The molecule has 4 aromatic rings. The Balaban J connectivity index is 1.64. The number of phenolic OH excluding ortho intramolecular Hbond substituents is 1. The van der Waals surface area contributed by atoms with Crippen LogP contribution in [0.3, 0.4) is 0 Å². The van der Waals surface area contributed by atoms with Crippen molar-refractivity contribution in [1.82, 2.24) is 14.4 Å². The molecule has 2 aromatic heterocycles. The zero-order valence-corrected chi connectivity index (χ0v) is 19.5. The van der Waals surface area contributed by atoms with Crippen molar-refractivity contribution in [2.75, 3.05) is 4.90 Å². The van der Waals surface area contributed by atoms with Crippen LogP contribution < -0.4 is 10.6 Å². The predicted octanol–water partition coefficient (Wildman–Crippen LogP) is 4.89. The lowest BCUT2D eigenvalue weighted by Gasteiger charge is -2.39. The minimum atomic E-state index is -0.620. The molecular weight excluding hydrogens is 467 g/mol. The molecule has 35 heavy (non-hydrogen) atoms. The summed E-state index contributed by atoms with van der Waals surface area (Å²) in [6.07, 6.45) is 7.45. The number of aromatic hydroxyl groups is 1. The largest absolute Gasteiger partial charge is 0.506 e. The zero-order chi connectivity index (χ0) is 24.3. The number of nitrogens with two attached hydrogens (primary N) is 1. The van der Waals surface area contributed by atoms with E-state index in [2.05, 4.69) is 9.88 Å². The van der Waals surface area contributed by atoms with Crippen LogP contribution in [0.5, 0.6) is 5.75 Å². The van der Waals surface area contributed by atoms with Gasteiger partial charge >= 0.3 is 0 Å². The van der Waals surface area contributed by atoms with Crippen molar-refractivity contribution in [3.05, 3.63) is 65.2 Å². The number of halogens is 2. The Morgan fingerprint density at radius 3 is 2.54 bits per heavy atom. The van der Waals surface area contributed by atoms with Gasteiger partial charge in [0, 0.05) is 36.1 Å². The second-order valence-corrected chi connectivity index (χ2v) is 9.66. The number of aromatic nitrogens is 3. The van der Waals surface area contributed by atoms with Crippen molar-refractivity contribution in [3.63, 3.8) is 0 Å². The Bertz CT molecular complexity index is 1500. The van der Waals surface area contributed by atoms with Gasteiger partial charge in [-0.1, -0.05) is 23.7 Å². The van der Waals surface area contributed by atoms with E-state index in [0.29, 0.717) is 28.0 Å². The van der Waals surface area contributed by atoms with Gasteiger partial charge in [-0.15, -0.1) is 0 Å². The van der Waals surface area contributed by atoms with Crippen molar-refractivity contribution in [2.45, 2.75) is 43.8 Å². The number of phenols is 1. The lowest BCUT2D eigenvalue weighted by molar-refractivity contribution is 0.408. The third-order valence-corrected chi connectivity index (χ3v) is 7.45. The van der Waals surface area contributed by atoms with Gasteiger partial charge in [0.2, 0.25) is 5.95 Å². The number of nitrogens with zero attached hydrogens (tertiary/aromatic N) is 5. The normalized spacial score (nSPS) is 21.4. The smallest absolute Gasteiger partial charge is 0.212 e. The molecule has 2 fully saturated rings.